The van der Waals surface area contributed by atoms with Gasteiger partial charge in [0.15, 0.2) is 0 Å². The molecule has 17 heavy (non-hydrogen) atoms. The molecule has 1 aromatic rings. The maximum atomic E-state index is 11.9. The first-order valence-corrected chi connectivity index (χ1v) is 5.55. The zero-order valence-electron chi connectivity index (χ0n) is 10.3. The second-order valence-electron chi connectivity index (χ2n) is 4.41. The number of carbonyl (C=O) groups excluding carboxylic acids is 1. The van der Waals surface area contributed by atoms with E-state index in [-0.39, 0.29) is 12.2 Å². The molecule has 1 aromatic heterocycles. The van der Waals surface area contributed by atoms with Crippen molar-refractivity contribution in [1.82, 2.24) is 10.3 Å². The van der Waals surface area contributed by atoms with E-state index in [0.29, 0.717) is 12.1 Å². The van der Waals surface area contributed by atoms with E-state index in [0.717, 1.165) is 0 Å². The van der Waals surface area contributed by atoms with Gasteiger partial charge in [-0.1, -0.05) is 6.92 Å². The van der Waals surface area contributed by atoms with Crippen LogP contribution in [0.5, 0.6) is 0 Å². The van der Waals surface area contributed by atoms with Crippen molar-refractivity contribution in [3.63, 3.8) is 0 Å². The van der Waals surface area contributed by atoms with Crippen molar-refractivity contribution >= 4 is 5.91 Å². The minimum Gasteiger partial charge on any atom is -0.394 e. The summed E-state index contributed by atoms with van der Waals surface area (Å²) in [5.74, 6) is -0.468. The lowest BCUT2D eigenvalue weighted by molar-refractivity contribution is 0.0846. The van der Waals surface area contributed by atoms with Crippen LogP contribution in [-0.2, 0) is 0 Å². The van der Waals surface area contributed by atoms with Gasteiger partial charge in [0.2, 0.25) is 0 Å². The molecule has 5 heteroatoms. The van der Waals surface area contributed by atoms with E-state index in [2.05, 4.69) is 10.3 Å². The standard InChI is InChI=1S/C12H18N2O3/c1-4-12(3,7-15)14-11(17)9-6-5-8(2)13-10(9)16/h5-6,15H,4,7H2,1-3H3,(H,13,16)(H,14,17). The van der Waals surface area contributed by atoms with E-state index in [1.165, 1.54) is 6.07 Å². The van der Waals surface area contributed by atoms with Crippen LogP contribution in [0.2, 0.25) is 0 Å². The van der Waals surface area contributed by atoms with E-state index in [1.54, 1.807) is 19.9 Å². The summed E-state index contributed by atoms with van der Waals surface area (Å²) in [4.78, 5) is 26.0. The number of hydrogen-bond acceptors (Lipinski definition) is 3. The average molecular weight is 238 g/mol. The van der Waals surface area contributed by atoms with Gasteiger partial charge in [-0.15, -0.1) is 0 Å². The summed E-state index contributed by atoms with van der Waals surface area (Å²) >= 11 is 0. The molecule has 1 amide bonds. The van der Waals surface area contributed by atoms with Crippen molar-refractivity contribution in [2.75, 3.05) is 6.61 Å². The van der Waals surface area contributed by atoms with Crippen LogP contribution in [0.15, 0.2) is 16.9 Å². The van der Waals surface area contributed by atoms with E-state index in [9.17, 15) is 14.7 Å². The fourth-order valence-corrected chi connectivity index (χ4v) is 1.33. The Labute approximate surface area is 99.9 Å². The lowest BCUT2D eigenvalue weighted by Crippen LogP contribution is -2.49. The number of aromatic amines is 1. The van der Waals surface area contributed by atoms with Crippen LogP contribution in [0.1, 0.15) is 36.3 Å². The molecule has 0 saturated carbocycles. The predicted molar refractivity (Wildman–Crippen MR) is 65.0 cm³/mol. The van der Waals surface area contributed by atoms with Crippen LogP contribution in [0, 0.1) is 6.92 Å². The van der Waals surface area contributed by atoms with Crippen molar-refractivity contribution in [2.24, 2.45) is 0 Å². The zero-order chi connectivity index (χ0) is 13.1. The largest absolute Gasteiger partial charge is 0.394 e. The zero-order valence-corrected chi connectivity index (χ0v) is 10.3. The Kier molecular flexibility index (Phi) is 4.07. The van der Waals surface area contributed by atoms with Crippen molar-refractivity contribution in [2.45, 2.75) is 32.7 Å². The van der Waals surface area contributed by atoms with Crippen molar-refractivity contribution < 1.29 is 9.90 Å². The number of rotatable bonds is 4. The number of aliphatic hydroxyl groups is 1. The fourth-order valence-electron chi connectivity index (χ4n) is 1.33. The van der Waals surface area contributed by atoms with E-state index >= 15 is 0 Å². The summed E-state index contributed by atoms with van der Waals surface area (Å²) in [7, 11) is 0. The number of pyridine rings is 1. The first-order valence-electron chi connectivity index (χ1n) is 5.55. The number of aryl methyl sites for hydroxylation is 1. The maximum absolute atomic E-state index is 11.9. The monoisotopic (exact) mass is 238 g/mol. The van der Waals surface area contributed by atoms with Crippen LogP contribution in [0.25, 0.3) is 0 Å². The molecule has 0 aromatic carbocycles. The molecule has 1 unspecified atom stereocenters. The topological polar surface area (TPSA) is 82.2 Å². The van der Waals surface area contributed by atoms with Gasteiger partial charge in [0.1, 0.15) is 5.56 Å². The highest BCUT2D eigenvalue weighted by Crippen LogP contribution is 2.08. The van der Waals surface area contributed by atoms with Crippen LogP contribution in [-0.4, -0.2) is 28.1 Å². The Bertz CT molecular complexity index is 461. The van der Waals surface area contributed by atoms with Crippen LogP contribution >= 0.6 is 0 Å². The molecule has 0 spiro atoms. The number of aliphatic hydroxyl groups excluding tert-OH is 1. The molecule has 5 nitrogen and oxygen atoms in total. The second-order valence-corrected chi connectivity index (χ2v) is 4.41. The first kappa shape index (κ1) is 13.4. The molecule has 0 aliphatic heterocycles. The predicted octanol–water partition coefficient (Wildman–Crippen LogP) is 0.574. The summed E-state index contributed by atoms with van der Waals surface area (Å²) < 4.78 is 0. The molecular weight excluding hydrogens is 220 g/mol. The lowest BCUT2D eigenvalue weighted by atomic mass is 10.00. The van der Waals surface area contributed by atoms with Gasteiger partial charge in [-0.25, -0.2) is 0 Å². The Hall–Kier alpha value is -1.62. The normalized spacial score (nSPS) is 14.1. The molecule has 0 radical (unpaired) electrons. The molecule has 0 saturated heterocycles. The number of nitrogens with one attached hydrogen (secondary N) is 2. The van der Waals surface area contributed by atoms with E-state index in [1.807, 2.05) is 6.92 Å². The minimum absolute atomic E-state index is 0.0590. The number of hydrogen-bond donors (Lipinski definition) is 3. The highest BCUT2D eigenvalue weighted by atomic mass is 16.3. The molecule has 0 aliphatic carbocycles. The Morgan fingerprint density at radius 2 is 2.18 bits per heavy atom. The van der Waals surface area contributed by atoms with Gasteiger partial charge in [0.25, 0.3) is 11.5 Å². The lowest BCUT2D eigenvalue weighted by Gasteiger charge is -2.26. The number of amides is 1. The smallest absolute Gasteiger partial charge is 0.260 e. The van der Waals surface area contributed by atoms with Gasteiger partial charge in [-0.05, 0) is 32.4 Å². The molecule has 1 rings (SSSR count). The molecule has 1 atom stereocenters. The minimum atomic E-state index is -0.700. The Morgan fingerprint density at radius 1 is 1.53 bits per heavy atom. The average Bonchev–Trinajstić information content (AvgIpc) is 2.28. The summed E-state index contributed by atoms with van der Waals surface area (Å²) in [6, 6.07) is 3.15. The molecule has 94 valence electrons. The quantitative estimate of drug-likeness (QED) is 0.717. The van der Waals surface area contributed by atoms with Gasteiger partial charge in [0, 0.05) is 5.69 Å². The third-order valence-electron chi connectivity index (χ3n) is 2.84. The SMILES string of the molecule is CCC(C)(CO)NC(=O)c1ccc(C)[nH]c1=O. The fraction of sp³-hybridized carbons (Fsp3) is 0.500. The van der Waals surface area contributed by atoms with Gasteiger partial charge >= 0.3 is 0 Å². The van der Waals surface area contributed by atoms with Crippen LogP contribution < -0.4 is 10.9 Å². The highest BCUT2D eigenvalue weighted by Gasteiger charge is 2.24. The van der Waals surface area contributed by atoms with Crippen LogP contribution in [0.4, 0.5) is 0 Å². The number of aromatic nitrogens is 1. The van der Waals surface area contributed by atoms with Crippen molar-refractivity contribution in [3.8, 4) is 0 Å². The van der Waals surface area contributed by atoms with E-state index < -0.39 is 17.0 Å². The van der Waals surface area contributed by atoms with Gasteiger partial charge < -0.3 is 15.4 Å². The molecule has 3 N–H and O–H groups in total. The summed E-state index contributed by atoms with van der Waals surface area (Å²) in [6.45, 7) is 5.16. The first-order chi connectivity index (χ1) is 7.91. The summed E-state index contributed by atoms with van der Waals surface area (Å²) in [5, 5.41) is 11.9. The van der Waals surface area contributed by atoms with Crippen molar-refractivity contribution in [3.05, 3.63) is 33.7 Å². The highest BCUT2D eigenvalue weighted by molar-refractivity contribution is 5.94. The Morgan fingerprint density at radius 3 is 2.65 bits per heavy atom. The molecule has 0 bridgehead atoms. The molecule has 0 aliphatic rings. The number of H-pyrrole nitrogens is 1. The summed E-state index contributed by atoms with van der Waals surface area (Å²) in [6.07, 6.45) is 0.582. The maximum Gasteiger partial charge on any atom is 0.260 e. The van der Waals surface area contributed by atoms with Crippen LogP contribution in [0.3, 0.4) is 0 Å². The number of carbonyl (C=O) groups is 1. The van der Waals surface area contributed by atoms with Gasteiger partial charge in [-0.3, -0.25) is 9.59 Å². The summed E-state index contributed by atoms with van der Waals surface area (Å²) in [5.41, 5.74) is -0.358. The second kappa shape index (κ2) is 5.14. The third-order valence-corrected chi connectivity index (χ3v) is 2.84. The Balaban J connectivity index is 2.94. The van der Waals surface area contributed by atoms with E-state index in [4.69, 9.17) is 0 Å². The van der Waals surface area contributed by atoms with Gasteiger partial charge in [0.05, 0.1) is 12.1 Å². The van der Waals surface area contributed by atoms with Crippen molar-refractivity contribution in [1.29, 1.82) is 0 Å². The molecule has 0 fully saturated rings. The molecular formula is C12H18N2O3. The molecule has 1 heterocycles. The van der Waals surface area contributed by atoms with Gasteiger partial charge in [-0.2, -0.15) is 0 Å². The third kappa shape index (κ3) is 3.17.